The quantitative estimate of drug-likeness (QED) is 0.312. The number of allylic oxidation sites excluding steroid dienone is 2. The Morgan fingerprint density at radius 3 is 2.67 bits per heavy atom. The van der Waals surface area contributed by atoms with E-state index in [1.807, 2.05) is 6.08 Å². The molecule has 0 saturated heterocycles. The number of aliphatic hydroxyl groups is 1. The van der Waals surface area contributed by atoms with Crippen LogP contribution in [0.1, 0.15) is 45.4 Å². The summed E-state index contributed by atoms with van der Waals surface area (Å²) in [5, 5.41) is 14.6. The SMILES string of the molecule is CC1=C(C(O)C2CCCCCC2)[I-]CNC(Cl)=C1. The van der Waals surface area contributed by atoms with Crippen molar-refractivity contribution in [1.29, 1.82) is 0 Å². The van der Waals surface area contributed by atoms with E-state index in [0.29, 0.717) is 5.92 Å². The van der Waals surface area contributed by atoms with Gasteiger partial charge in [0, 0.05) is 0 Å². The van der Waals surface area contributed by atoms with E-state index >= 15 is 0 Å². The van der Waals surface area contributed by atoms with Gasteiger partial charge in [0.15, 0.2) is 0 Å². The topological polar surface area (TPSA) is 32.3 Å². The Bertz CT molecular complexity index is 346. The van der Waals surface area contributed by atoms with Gasteiger partial charge in [-0.3, -0.25) is 0 Å². The van der Waals surface area contributed by atoms with Gasteiger partial charge < -0.3 is 0 Å². The molecule has 0 aromatic heterocycles. The third-order valence-electron chi connectivity index (χ3n) is 3.77. The molecule has 18 heavy (non-hydrogen) atoms. The number of halogens is 2. The summed E-state index contributed by atoms with van der Waals surface area (Å²) in [6, 6.07) is 0. The van der Waals surface area contributed by atoms with Gasteiger partial charge >= 0.3 is 126 Å². The van der Waals surface area contributed by atoms with Gasteiger partial charge in [-0.15, -0.1) is 0 Å². The monoisotopic (exact) mass is 382 g/mol. The third kappa shape index (κ3) is 3.87. The van der Waals surface area contributed by atoms with Gasteiger partial charge in [0.25, 0.3) is 0 Å². The summed E-state index contributed by atoms with van der Waals surface area (Å²) < 4.78 is 2.23. The molecule has 1 atom stereocenters. The van der Waals surface area contributed by atoms with E-state index in [9.17, 15) is 5.11 Å². The molecule has 4 heteroatoms. The summed E-state index contributed by atoms with van der Waals surface area (Å²) in [6.45, 7) is 2.09. The van der Waals surface area contributed by atoms with E-state index < -0.39 is 0 Å². The summed E-state index contributed by atoms with van der Waals surface area (Å²) in [5.41, 5.74) is 1.19. The van der Waals surface area contributed by atoms with Gasteiger partial charge in [-0.1, -0.05) is 0 Å². The Morgan fingerprint density at radius 2 is 2.00 bits per heavy atom. The van der Waals surface area contributed by atoms with Crippen LogP contribution in [0.3, 0.4) is 0 Å². The Balaban J connectivity index is 2.10. The molecule has 1 heterocycles. The van der Waals surface area contributed by atoms with E-state index in [2.05, 4.69) is 12.2 Å². The molecule has 2 nitrogen and oxygen atoms in total. The van der Waals surface area contributed by atoms with Crippen molar-refractivity contribution in [3.8, 4) is 0 Å². The molecule has 0 amide bonds. The van der Waals surface area contributed by atoms with Crippen LogP contribution in [0.2, 0.25) is 0 Å². The predicted octanol–water partition coefficient (Wildman–Crippen LogP) is 0.322. The second kappa shape index (κ2) is 7.15. The van der Waals surface area contributed by atoms with E-state index in [1.165, 1.54) is 47.7 Å². The molecule has 0 radical (unpaired) electrons. The number of hydrogen-bond acceptors (Lipinski definition) is 2. The maximum absolute atomic E-state index is 10.7. The summed E-state index contributed by atoms with van der Waals surface area (Å²) in [4.78, 5) is 0. The van der Waals surface area contributed by atoms with Crippen LogP contribution in [-0.2, 0) is 0 Å². The molecule has 1 fully saturated rings. The first kappa shape index (κ1) is 14.7. The Hall–Kier alpha value is 0.260. The summed E-state index contributed by atoms with van der Waals surface area (Å²) in [5.74, 6) is 0.474. The molecule has 1 unspecified atom stereocenters. The fraction of sp³-hybridized carbons (Fsp3) is 0.714. The Morgan fingerprint density at radius 1 is 1.33 bits per heavy atom. The normalized spacial score (nSPS) is 25.4. The first-order valence-electron chi connectivity index (χ1n) is 6.77. The van der Waals surface area contributed by atoms with Gasteiger partial charge in [0.1, 0.15) is 0 Å². The minimum absolute atomic E-state index is 0.140. The van der Waals surface area contributed by atoms with Crippen molar-refractivity contribution in [1.82, 2.24) is 5.32 Å². The van der Waals surface area contributed by atoms with E-state index in [0.717, 1.165) is 9.71 Å². The Labute approximate surface area is 125 Å². The predicted molar refractivity (Wildman–Crippen MR) is 71.8 cm³/mol. The molecule has 2 N–H and O–H groups in total. The van der Waals surface area contributed by atoms with Crippen molar-refractivity contribution in [2.45, 2.75) is 51.6 Å². The first-order chi connectivity index (χ1) is 8.68. The summed E-state index contributed by atoms with van der Waals surface area (Å²) >= 11 is 5.91. The van der Waals surface area contributed by atoms with Crippen LogP contribution in [0.25, 0.3) is 0 Å². The number of rotatable bonds is 2. The van der Waals surface area contributed by atoms with E-state index in [4.69, 9.17) is 11.6 Å². The molecular weight excluding hydrogens is 361 g/mol. The molecule has 104 valence electrons. The standard InChI is InChI=1S/C14H22ClINO/c1-10-8-12(15)17-9-16-13(10)14(18)11-6-4-2-3-5-7-11/h8,11,14,17-18H,2-7,9H2,1H3/q-1. The van der Waals surface area contributed by atoms with Crippen molar-refractivity contribution >= 4 is 11.6 Å². The van der Waals surface area contributed by atoms with Crippen LogP contribution >= 0.6 is 11.6 Å². The molecule has 2 aliphatic rings. The minimum atomic E-state index is -0.225. The van der Waals surface area contributed by atoms with Crippen molar-refractivity contribution < 1.29 is 26.3 Å². The second-order valence-electron chi connectivity index (χ2n) is 5.16. The summed E-state index contributed by atoms with van der Waals surface area (Å²) in [6.07, 6.45) is 9.36. The molecule has 0 bridgehead atoms. The first-order valence-corrected chi connectivity index (χ1v) is 9.76. The average molecular weight is 383 g/mol. The second-order valence-corrected chi connectivity index (χ2v) is 8.26. The fourth-order valence-electron chi connectivity index (χ4n) is 2.73. The van der Waals surface area contributed by atoms with Crippen molar-refractivity contribution in [3.63, 3.8) is 0 Å². The van der Waals surface area contributed by atoms with E-state index in [-0.39, 0.29) is 27.3 Å². The van der Waals surface area contributed by atoms with Crippen LogP contribution in [0.4, 0.5) is 0 Å². The number of nitrogens with one attached hydrogen (secondary N) is 1. The van der Waals surface area contributed by atoms with Crippen LogP contribution in [0.15, 0.2) is 20.4 Å². The maximum atomic E-state index is 10.7. The molecule has 1 aliphatic heterocycles. The zero-order chi connectivity index (χ0) is 13.0. The van der Waals surface area contributed by atoms with Crippen LogP contribution < -0.4 is 26.5 Å². The van der Waals surface area contributed by atoms with Crippen molar-refractivity contribution in [3.05, 3.63) is 20.4 Å². The molecule has 0 aromatic carbocycles. The molecule has 2 rings (SSSR count). The van der Waals surface area contributed by atoms with Gasteiger partial charge in [-0.05, 0) is 0 Å². The van der Waals surface area contributed by atoms with Crippen LogP contribution in [0.5, 0.6) is 0 Å². The van der Waals surface area contributed by atoms with E-state index in [1.54, 1.807) is 0 Å². The van der Waals surface area contributed by atoms with Crippen LogP contribution in [-0.4, -0.2) is 15.8 Å². The molecular formula is C14H22ClINO-. The molecule has 0 aromatic rings. The molecule has 1 aliphatic carbocycles. The Kier molecular flexibility index (Phi) is 5.83. The van der Waals surface area contributed by atoms with Crippen molar-refractivity contribution in [2.75, 3.05) is 4.55 Å². The number of alkyl halides is 1. The molecule has 0 spiro atoms. The zero-order valence-corrected chi connectivity index (χ0v) is 13.8. The summed E-state index contributed by atoms with van der Waals surface area (Å²) in [7, 11) is 0. The van der Waals surface area contributed by atoms with Gasteiger partial charge in [0.2, 0.25) is 0 Å². The van der Waals surface area contributed by atoms with Gasteiger partial charge in [-0.25, -0.2) is 0 Å². The van der Waals surface area contributed by atoms with Crippen LogP contribution in [0, 0.1) is 5.92 Å². The number of aliphatic hydroxyl groups excluding tert-OH is 1. The van der Waals surface area contributed by atoms with Crippen molar-refractivity contribution in [2.24, 2.45) is 5.92 Å². The van der Waals surface area contributed by atoms with Gasteiger partial charge in [0.05, 0.1) is 0 Å². The number of hydrogen-bond donors (Lipinski definition) is 2. The zero-order valence-electron chi connectivity index (χ0n) is 10.9. The van der Waals surface area contributed by atoms with Gasteiger partial charge in [-0.2, -0.15) is 0 Å². The average Bonchev–Trinajstić information content (AvgIpc) is 2.69. The fourth-order valence-corrected chi connectivity index (χ4v) is 5.92. The third-order valence-corrected chi connectivity index (χ3v) is 7.09. The molecule has 1 saturated carbocycles.